The third-order valence-corrected chi connectivity index (χ3v) is 11.4. The largest absolute Gasteiger partial charge is 0.344 e. The SMILES string of the molecule is C=C1C=C(C2=NC(c3ccccc3)NC(c3cccc(-c4ccccc4)c3)=N2)c2c(sc3ccc(-c4cc5ccccc5c5ccccc45)cc23)C1. The lowest BCUT2D eigenvalue weighted by Gasteiger charge is -2.26. The first-order valence-corrected chi connectivity index (χ1v) is 18.5. The molecule has 0 bridgehead atoms. The van der Waals surface area contributed by atoms with E-state index in [0.29, 0.717) is 0 Å². The number of amidine groups is 2. The zero-order valence-corrected chi connectivity index (χ0v) is 29.2. The molecule has 52 heavy (non-hydrogen) atoms. The van der Waals surface area contributed by atoms with Gasteiger partial charge in [-0.1, -0.05) is 140 Å². The molecule has 3 nitrogen and oxygen atoms in total. The second kappa shape index (κ2) is 12.4. The van der Waals surface area contributed by atoms with Gasteiger partial charge in [0.05, 0.1) is 0 Å². The number of thiophene rings is 1. The second-order valence-electron chi connectivity index (χ2n) is 13.5. The lowest BCUT2D eigenvalue weighted by atomic mass is 9.89. The third kappa shape index (κ3) is 5.28. The Bertz CT molecular complexity index is 2810. The van der Waals surface area contributed by atoms with Gasteiger partial charge in [-0.2, -0.15) is 0 Å². The van der Waals surface area contributed by atoms with Gasteiger partial charge in [0.1, 0.15) is 12.0 Å². The van der Waals surface area contributed by atoms with Gasteiger partial charge >= 0.3 is 0 Å². The molecule has 0 saturated heterocycles. The number of benzene rings is 7. The highest BCUT2D eigenvalue weighted by Gasteiger charge is 2.28. The van der Waals surface area contributed by atoms with E-state index in [1.807, 2.05) is 17.4 Å². The maximum Gasteiger partial charge on any atom is 0.160 e. The van der Waals surface area contributed by atoms with E-state index in [2.05, 4.69) is 170 Å². The Morgan fingerprint density at radius 2 is 1.31 bits per heavy atom. The van der Waals surface area contributed by atoms with Crippen LogP contribution in [0.3, 0.4) is 0 Å². The first-order valence-electron chi connectivity index (χ1n) is 17.7. The minimum absolute atomic E-state index is 0.298. The van der Waals surface area contributed by atoms with Crippen LogP contribution in [0.5, 0.6) is 0 Å². The fourth-order valence-electron chi connectivity index (χ4n) is 7.74. The van der Waals surface area contributed by atoms with Crippen molar-refractivity contribution in [2.24, 2.45) is 9.98 Å². The van der Waals surface area contributed by atoms with Gasteiger partial charge < -0.3 is 5.32 Å². The summed E-state index contributed by atoms with van der Waals surface area (Å²) in [6.45, 7) is 4.47. The molecule has 7 aromatic carbocycles. The summed E-state index contributed by atoms with van der Waals surface area (Å²) in [6.07, 6.45) is 2.73. The van der Waals surface area contributed by atoms with Crippen LogP contribution in [0.1, 0.15) is 27.7 Å². The zero-order valence-electron chi connectivity index (χ0n) is 28.4. The molecule has 1 aromatic heterocycles. The highest BCUT2D eigenvalue weighted by molar-refractivity contribution is 7.19. The van der Waals surface area contributed by atoms with E-state index >= 15 is 0 Å². The molecule has 2 heterocycles. The van der Waals surface area contributed by atoms with Crippen LogP contribution >= 0.6 is 11.3 Å². The summed E-state index contributed by atoms with van der Waals surface area (Å²) in [5, 5.41) is 9.96. The van der Waals surface area contributed by atoms with Gasteiger partial charge in [0, 0.05) is 38.1 Å². The van der Waals surface area contributed by atoms with Gasteiger partial charge in [-0.3, -0.25) is 0 Å². The lowest BCUT2D eigenvalue weighted by molar-refractivity contribution is 0.675. The van der Waals surface area contributed by atoms with Gasteiger partial charge in [0.25, 0.3) is 0 Å². The molecule has 1 aliphatic carbocycles. The van der Waals surface area contributed by atoms with Crippen LogP contribution in [0, 0.1) is 0 Å². The van der Waals surface area contributed by atoms with Crippen molar-refractivity contribution in [3.8, 4) is 22.3 Å². The number of hydrogen-bond acceptors (Lipinski definition) is 4. The molecule has 0 fully saturated rings. The Morgan fingerprint density at radius 3 is 2.15 bits per heavy atom. The molecule has 1 unspecified atom stereocenters. The fourth-order valence-corrected chi connectivity index (χ4v) is 8.99. The molecule has 0 radical (unpaired) electrons. The summed E-state index contributed by atoms with van der Waals surface area (Å²) in [6, 6.07) is 56.3. The first-order chi connectivity index (χ1) is 25.7. The van der Waals surface area contributed by atoms with Crippen molar-refractivity contribution in [3.05, 3.63) is 198 Å². The molecular weight excluding hydrogens is 651 g/mol. The van der Waals surface area contributed by atoms with Crippen LogP contribution in [-0.2, 0) is 6.42 Å². The topological polar surface area (TPSA) is 36.8 Å². The number of nitrogens with zero attached hydrogens (tertiary/aromatic N) is 2. The first kappa shape index (κ1) is 30.5. The van der Waals surface area contributed by atoms with Gasteiger partial charge in [-0.15, -0.1) is 11.3 Å². The Labute approximate surface area is 306 Å². The van der Waals surface area contributed by atoms with Crippen LogP contribution in [-0.4, -0.2) is 11.7 Å². The van der Waals surface area contributed by atoms with Crippen molar-refractivity contribution in [1.29, 1.82) is 0 Å². The number of fused-ring (bicyclic) bond motifs is 6. The standard InChI is InChI=1S/C48H33N3S/c1-30-25-42(48-50-46(32-15-6-3-7-16-32)49-47(51-48)36-19-12-18-33(27-36)31-13-4-2-5-14-31)45-41-29-35(23-24-43(41)52-44(45)26-30)40-28-34-17-8-9-20-37(34)38-21-10-11-22-39(38)40/h2-25,27-29,46H,1,26H2,(H,49,50,51). The van der Waals surface area contributed by atoms with Crippen molar-refractivity contribution >= 4 is 60.2 Å². The number of aliphatic imine (C=N–C) groups is 2. The quantitative estimate of drug-likeness (QED) is 0.180. The molecule has 1 aliphatic heterocycles. The molecule has 246 valence electrons. The van der Waals surface area contributed by atoms with Crippen molar-refractivity contribution in [2.45, 2.75) is 12.6 Å². The average molecular weight is 684 g/mol. The monoisotopic (exact) mass is 683 g/mol. The maximum absolute atomic E-state index is 5.32. The molecule has 0 amide bonds. The minimum atomic E-state index is -0.298. The fraction of sp³-hybridized carbons (Fsp3) is 0.0417. The summed E-state index contributed by atoms with van der Waals surface area (Å²) in [5.41, 5.74) is 10.2. The highest BCUT2D eigenvalue weighted by atomic mass is 32.1. The van der Waals surface area contributed by atoms with E-state index in [4.69, 9.17) is 9.98 Å². The van der Waals surface area contributed by atoms with Crippen molar-refractivity contribution in [2.75, 3.05) is 0 Å². The smallest absolute Gasteiger partial charge is 0.160 e. The number of hydrogen-bond donors (Lipinski definition) is 1. The molecule has 0 saturated carbocycles. The van der Waals surface area contributed by atoms with E-state index < -0.39 is 0 Å². The predicted molar refractivity (Wildman–Crippen MR) is 221 cm³/mol. The third-order valence-electron chi connectivity index (χ3n) is 10.2. The summed E-state index contributed by atoms with van der Waals surface area (Å²) in [4.78, 5) is 11.9. The molecule has 8 aromatic rings. The van der Waals surface area contributed by atoms with E-state index in [9.17, 15) is 0 Å². The molecule has 1 N–H and O–H groups in total. The Hall–Kier alpha value is -6.36. The lowest BCUT2D eigenvalue weighted by Crippen LogP contribution is -2.33. The summed E-state index contributed by atoms with van der Waals surface area (Å²) in [7, 11) is 0. The molecule has 4 heteroatoms. The maximum atomic E-state index is 5.32. The van der Waals surface area contributed by atoms with Crippen LogP contribution in [0.15, 0.2) is 186 Å². The van der Waals surface area contributed by atoms with Gasteiger partial charge in [-0.25, -0.2) is 9.98 Å². The Balaban J connectivity index is 1.14. The molecule has 10 rings (SSSR count). The number of nitrogens with one attached hydrogen (secondary N) is 1. The minimum Gasteiger partial charge on any atom is -0.344 e. The predicted octanol–water partition coefficient (Wildman–Crippen LogP) is 12.2. The van der Waals surface area contributed by atoms with E-state index in [1.54, 1.807) is 0 Å². The van der Waals surface area contributed by atoms with E-state index in [-0.39, 0.29) is 6.17 Å². The Kier molecular flexibility index (Phi) is 7.29. The molecule has 0 spiro atoms. The molecular formula is C48H33N3S. The van der Waals surface area contributed by atoms with Gasteiger partial charge in [0.15, 0.2) is 5.84 Å². The number of rotatable bonds is 5. The van der Waals surface area contributed by atoms with Crippen molar-refractivity contribution in [3.63, 3.8) is 0 Å². The number of allylic oxidation sites excluding steroid dienone is 2. The summed E-state index contributed by atoms with van der Waals surface area (Å²) >= 11 is 1.85. The van der Waals surface area contributed by atoms with Crippen LogP contribution in [0.4, 0.5) is 0 Å². The molecule has 2 aliphatic rings. The molecule has 1 atom stereocenters. The van der Waals surface area contributed by atoms with Crippen molar-refractivity contribution in [1.82, 2.24) is 5.32 Å². The van der Waals surface area contributed by atoms with E-state index in [0.717, 1.165) is 45.9 Å². The van der Waals surface area contributed by atoms with Gasteiger partial charge in [0.2, 0.25) is 0 Å². The zero-order chi connectivity index (χ0) is 34.6. The average Bonchev–Trinajstić information content (AvgIpc) is 3.58. The van der Waals surface area contributed by atoms with Gasteiger partial charge in [-0.05, 0) is 85.3 Å². The van der Waals surface area contributed by atoms with Crippen molar-refractivity contribution < 1.29 is 0 Å². The van der Waals surface area contributed by atoms with E-state index in [1.165, 1.54) is 58.8 Å². The second-order valence-corrected chi connectivity index (χ2v) is 14.6. The normalized spacial score (nSPS) is 15.6. The van der Waals surface area contributed by atoms with Crippen LogP contribution in [0.2, 0.25) is 0 Å². The van der Waals surface area contributed by atoms with Crippen LogP contribution < -0.4 is 5.32 Å². The van der Waals surface area contributed by atoms with Crippen LogP contribution in [0.25, 0.3) is 59.5 Å². The highest BCUT2D eigenvalue weighted by Crippen LogP contribution is 2.44. The summed E-state index contributed by atoms with van der Waals surface area (Å²) < 4.78 is 1.26. The summed E-state index contributed by atoms with van der Waals surface area (Å²) in [5.74, 6) is 1.52. The Morgan fingerprint density at radius 1 is 0.596 bits per heavy atom.